The number of nitrogens with one attached hydrogen (secondary N) is 1. The molecule has 0 spiro atoms. The van der Waals surface area contributed by atoms with Crippen LogP contribution in [0.25, 0.3) is 0 Å². The van der Waals surface area contributed by atoms with Crippen LogP contribution in [0.4, 0.5) is 0 Å². The van der Waals surface area contributed by atoms with Crippen molar-refractivity contribution in [3.05, 3.63) is 0 Å². The zero-order chi connectivity index (χ0) is 10.1. The number of ether oxygens (including phenoxy) is 1. The van der Waals surface area contributed by atoms with E-state index in [2.05, 4.69) is 12.2 Å². The second-order valence-corrected chi connectivity index (χ2v) is 4.73. The lowest BCUT2D eigenvalue weighted by molar-refractivity contribution is -0.157. The standard InChI is InChI=1S/C10H19NO2/c1-7-5-6-8(11-7)9(12)13-10(2,3)4/h7-8,11H,5-6H2,1-4H3/t7-,8-/m0/s1. The van der Waals surface area contributed by atoms with E-state index in [-0.39, 0.29) is 17.6 Å². The quantitative estimate of drug-likeness (QED) is 0.629. The minimum absolute atomic E-state index is 0.0887. The molecule has 0 aliphatic carbocycles. The highest BCUT2D eigenvalue weighted by atomic mass is 16.6. The molecule has 0 bridgehead atoms. The molecule has 1 rings (SSSR count). The molecule has 1 N–H and O–H groups in total. The zero-order valence-electron chi connectivity index (χ0n) is 8.89. The summed E-state index contributed by atoms with van der Waals surface area (Å²) in [6, 6.07) is 0.353. The number of esters is 1. The Hall–Kier alpha value is -0.570. The molecule has 0 aromatic rings. The molecule has 0 saturated carbocycles. The van der Waals surface area contributed by atoms with Crippen LogP contribution in [0.15, 0.2) is 0 Å². The van der Waals surface area contributed by atoms with Gasteiger partial charge in [0.25, 0.3) is 0 Å². The summed E-state index contributed by atoms with van der Waals surface area (Å²) in [5, 5.41) is 3.20. The summed E-state index contributed by atoms with van der Waals surface area (Å²) in [7, 11) is 0. The van der Waals surface area contributed by atoms with Crippen molar-refractivity contribution in [1.29, 1.82) is 0 Å². The predicted molar refractivity (Wildman–Crippen MR) is 51.5 cm³/mol. The van der Waals surface area contributed by atoms with Crippen molar-refractivity contribution in [2.75, 3.05) is 0 Å². The highest BCUT2D eigenvalue weighted by molar-refractivity contribution is 5.76. The molecule has 1 heterocycles. The maximum absolute atomic E-state index is 11.5. The number of hydrogen-bond acceptors (Lipinski definition) is 3. The van der Waals surface area contributed by atoms with Gasteiger partial charge in [0.15, 0.2) is 0 Å². The van der Waals surface area contributed by atoms with E-state index in [0.29, 0.717) is 6.04 Å². The Bertz CT molecular complexity index is 196. The molecule has 1 saturated heterocycles. The number of hydrogen-bond donors (Lipinski definition) is 1. The van der Waals surface area contributed by atoms with E-state index in [1.807, 2.05) is 20.8 Å². The minimum atomic E-state index is -0.370. The van der Waals surface area contributed by atoms with Crippen molar-refractivity contribution in [2.24, 2.45) is 0 Å². The summed E-state index contributed by atoms with van der Waals surface area (Å²) < 4.78 is 5.27. The molecule has 1 fully saturated rings. The largest absolute Gasteiger partial charge is 0.459 e. The molecule has 2 atom stereocenters. The fraction of sp³-hybridized carbons (Fsp3) is 0.900. The van der Waals surface area contributed by atoms with Gasteiger partial charge in [-0.15, -0.1) is 0 Å². The van der Waals surface area contributed by atoms with Crippen LogP contribution in [0.5, 0.6) is 0 Å². The van der Waals surface area contributed by atoms with Crippen LogP contribution >= 0.6 is 0 Å². The summed E-state index contributed by atoms with van der Waals surface area (Å²) in [6.07, 6.45) is 1.96. The van der Waals surface area contributed by atoms with Crippen molar-refractivity contribution in [3.63, 3.8) is 0 Å². The topological polar surface area (TPSA) is 38.3 Å². The van der Waals surface area contributed by atoms with E-state index in [1.165, 1.54) is 0 Å². The molecule has 3 heteroatoms. The molecular formula is C10H19NO2. The maximum atomic E-state index is 11.5. The second-order valence-electron chi connectivity index (χ2n) is 4.73. The van der Waals surface area contributed by atoms with Crippen molar-refractivity contribution in [1.82, 2.24) is 5.32 Å². The van der Waals surface area contributed by atoms with Crippen molar-refractivity contribution < 1.29 is 9.53 Å². The summed E-state index contributed by atoms with van der Waals surface area (Å²) in [5.41, 5.74) is -0.370. The van der Waals surface area contributed by atoms with Crippen LogP contribution in [0, 0.1) is 0 Å². The normalized spacial score (nSPS) is 28.9. The Morgan fingerprint density at radius 3 is 2.38 bits per heavy atom. The Morgan fingerprint density at radius 2 is 2.00 bits per heavy atom. The highest BCUT2D eigenvalue weighted by Gasteiger charge is 2.30. The molecular weight excluding hydrogens is 166 g/mol. The maximum Gasteiger partial charge on any atom is 0.323 e. The lowest BCUT2D eigenvalue weighted by Crippen LogP contribution is -2.39. The average Bonchev–Trinajstić information content (AvgIpc) is 2.31. The Morgan fingerprint density at radius 1 is 1.38 bits per heavy atom. The second kappa shape index (κ2) is 3.66. The molecule has 3 nitrogen and oxygen atoms in total. The third-order valence-corrected chi connectivity index (χ3v) is 2.07. The van der Waals surface area contributed by atoms with Crippen molar-refractivity contribution >= 4 is 5.97 Å². The van der Waals surface area contributed by atoms with Gasteiger partial charge < -0.3 is 10.1 Å². The molecule has 1 aliphatic heterocycles. The summed E-state index contributed by atoms with van der Waals surface area (Å²) >= 11 is 0. The van der Waals surface area contributed by atoms with Crippen LogP contribution in [0.2, 0.25) is 0 Å². The molecule has 1 aliphatic rings. The lowest BCUT2D eigenvalue weighted by atomic mass is 10.1. The van der Waals surface area contributed by atoms with Crippen LogP contribution < -0.4 is 5.32 Å². The van der Waals surface area contributed by atoms with Crippen molar-refractivity contribution in [3.8, 4) is 0 Å². The van der Waals surface area contributed by atoms with E-state index in [9.17, 15) is 4.79 Å². The van der Waals surface area contributed by atoms with E-state index in [4.69, 9.17) is 4.74 Å². The van der Waals surface area contributed by atoms with E-state index in [0.717, 1.165) is 12.8 Å². The smallest absolute Gasteiger partial charge is 0.323 e. The molecule has 0 unspecified atom stereocenters. The fourth-order valence-electron chi connectivity index (χ4n) is 1.49. The van der Waals surface area contributed by atoms with Gasteiger partial charge in [0, 0.05) is 6.04 Å². The number of carbonyl (C=O) groups is 1. The Kier molecular flexibility index (Phi) is 2.96. The number of carbonyl (C=O) groups excluding carboxylic acids is 1. The Balaban J connectivity index is 2.41. The molecule has 0 aromatic carbocycles. The first-order valence-corrected chi connectivity index (χ1v) is 4.87. The molecule has 0 radical (unpaired) electrons. The van der Waals surface area contributed by atoms with Gasteiger partial charge >= 0.3 is 5.97 Å². The van der Waals surface area contributed by atoms with Gasteiger partial charge in [0.2, 0.25) is 0 Å². The van der Waals surface area contributed by atoms with Crippen LogP contribution in [-0.4, -0.2) is 23.7 Å². The van der Waals surface area contributed by atoms with Gasteiger partial charge in [-0.3, -0.25) is 4.79 Å². The molecule has 13 heavy (non-hydrogen) atoms. The minimum Gasteiger partial charge on any atom is -0.459 e. The first kappa shape index (κ1) is 10.5. The number of rotatable bonds is 1. The van der Waals surface area contributed by atoms with Gasteiger partial charge in [0.05, 0.1) is 0 Å². The van der Waals surface area contributed by atoms with Gasteiger partial charge in [-0.25, -0.2) is 0 Å². The van der Waals surface area contributed by atoms with E-state index >= 15 is 0 Å². The fourth-order valence-corrected chi connectivity index (χ4v) is 1.49. The van der Waals surface area contributed by atoms with E-state index < -0.39 is 0 Å². The van der Waals surface area contributed by atoms with Crippen LogP contribution in [0.3, 0.4) is 0 Å². The average molecular weight is 185 g/mol. The summed E-state index contributed by atoms with van der Waals surface area (Å²) in [5.74, 6) is -0.114. The Labute approximate surface area is 79.8 Å². The van der Waals surface area contributed by atoms with Gasteiger partial charge in [-0.05, 0) is 40.5 Å². The summed E-state index contributed by atoms with van der Waals surface area (Å²) in [6.45, 7) is 7.76. The lowest BCUT2D eigenvalue weighted by Gasteiger charge is -2.22. The highest BCUT2D eigenvalue weighted by Crippen LogP contribution is 2.16. The molecule has 0 aromatic heterocycles. The van der Waals surface area contributed by atoms with Crippen LogP contribution in [-0.2, 0) is 9.53 Å². The predicted octanol–water partition coefficient (Wildman–Crippen LogP) is 1.47. The first-order chi connectivity index (χ1) is 5.88. The van der Waals surface area contributed by atoms with E-state index in [1.54, 1.807) is 0 Å². The monoisotopic (exact) mass is 185 g/mol. The van der Waals surface area contributed by atoms with Crippen LogP contribution in [0.1, 0.15) is 40.5 Å². The van der Waals surface area contributed by atoms with Crippen molar-refractivity contribution in [2.45, 2.75) is 58.2 Å². The third kappa shape index (κ3) is 3.35. The van der Waals surface area contributed by atoms with Gasteiger partial charge in [0.1, 0.15) is 11.6 Å². The third-order valence-electron chi connectivity index (χ3n) is 2.07. The van der Waals surface area contributed by atoms with Gasteiger partial charge in [-0.1, -0.05) is 0 Å². The zero-order valence-corrected chi connectivity index (χ0v) is 8.89. The first-order valence-electron chi connectivity index (χ1n) is 4.87. The molecule has 0 amide bonds. The molecule has 76 valence electrons. The summed E-state index contributed by atoms with van der Waals surface area (Å²) in [4.78, 5) is 11.5. The van der Waals surface area contributed by atoms with Gasteiger partial charge in [-0.2, -0.15) is 0 Å². The SMILES string of the molecule is C[C@H]1CC[C@@H](C(=O)OC(C)(C)C)N1.